The number of likely N-dealkylation sites (tertiary alicyclic amines) is 1. The Morgan fingerprint density at radius 3 is 2.38 bits per heavy atom. The van der Waals surface area contributed by atoms with Crippen LogP contribution in [-0.2, 0) is 14.6 Å². The lowest BCUT2D eigenvalue weighted by Gasteiger charge is -2.23. The molecule has 0 radical (unpaired) electrons. The third-order valence-electron chi connectivity index (χ3n) is 4.09. The van der Waals surface area contributed by atoms with E-state index >= 15 is 0 Å². The predicted molar refractivity (Wildman–Crippen MR) is 86.4 cm³/mol. The quantitative estimate of drug-likeness (QED) is 0.796. The van der Waals surface area contributed by atoms with Gasteiger partial charge in [-0.15, -0.1) is 0 Å². The molecule has 1 aromatic carbocycles. The SMILES string of the molecule is O=C([C@@H](c1cccnc1F)S(=O)(=O)c1ccccc1)N1CCCC1. The van der Waals surface area contributed by atoms with Gasteiger partial charge in [0, 0.05) is 24.8 Å². The van der Waals surface area contributed by atoms with Gasteiger partial charge in [-0.05, 0) is 31.0 Å². The van der Waals surface area contributed by atoms with Crippen molar-refractivity contribution in [3.05, 3.63) is 60.2 Å². The van der Waals surface area contributed by atoms with Crippen LogP contribution < -0.4 is 0 Å². The van der Waals surface area contributed by atoms with E-state index in [1.807, 2.05) is 0 Å². The molecule has 0 N–H and O–H groups in total. The van der Waals surface area contributed by atoms with Crippen LogP contribution >= 0.6 is 0 Å². The summed E-state index contributed by atoms with van der Waals surface area (Å²) in [5, 5.41) is -1.62. The number of aromatic nitrogens is 1. The molecule has 1 atom stereocenters. The van der Waals surface area contributed by atoms with Crippen LogP contribution in [0.2, 0.25) is 0 Å². The first-order valence-electron chi connectivity index (χ1n) is 7.70. The second kappa shape index (κ2) is 6.68. The third kappa shape index (κ3) is 3.03. The van der Waals surface area contributed by atoms with Gasteiger partial charge in [-0.25, -0.2) is 13.4 Å². The average molecular weight is 348 g/mol. The highest BCUT2D eigenvalue weighted by molar-refractivity contribution is 7.92. The largest absolute Gasteiger partial charge is 0.341 e. The van der Waals surface area contributed by atoms with Gasteiger partial charge in [0.05, 0.1) is 4.90 Å². The maximum absolute atomic E-state index is 14.2. The summed E-state index contributed by atoms with van der Waals surface area (Å²) in [5.41, 5.74) is -0.210. The summed E-state index contributed by atoms with van der Waals surface area (Å²) in [7, 11) is -4.08. The molecule has 1 amide bonds. The Hall–Kier alpha value is -2.28. The molecular formula is C17H17FN2O3S. The molecule has 1 fully saturated rings. The Kier molecular flexibility index (Phi) is 4.62. The van der Waals surface area contributed by atoms with Gasteiger partial charge in [-0.3, -0.25) is 4.79 Å². The minimum absolute atomic E-state index is 0.00852. The summed E-state index contributed by atoms with van der Waals surface area (Å²) < 4.78 is 40.3. The van der Waals surface area contributed by atoms with Gasteiger partial charge < -0.3 is 4.90 Å². The molecule has 0 unspecified atom stereocenters. The second-order valence-electron chi connectivity index (χ2n) is 5.65. The molecule has 2 heterocycles. The second-order valence-corrected chi connectivity index (χ2v) is 7.69. The van der Waals surface area contributed by atoms with E-state index < -0.39 is 26.9 Å². The van der Waals surface area contributed by atoms with Crippen molar-refractivity contribution in [1.29, 1.82) is 0 Å². The minimum atomic E-state index is -4.08. The topological polar surface area (TPSA) is 67.3 Å². The third-order valence-corrected chi connectivity index (χ3v) is 6.10. The fourth-order valence-corrected chi connectivity index (χ4v) is 4.61. The zero-order valence-electron chi connectivity index (χ0n) is 12.9. The number of carbonyl (C=O) groups is 1. The highest BCUT2D eigenvalue weighted by Gasteiger charge is 2.40. The molecule has 1 aromatic heterocycles. The van der Waals surface area contributed by atoms with Gasteiger partial charge in [0.25, 0.3) is 0 Å². The molecule has 3 rings (SSSR count). The van der Waals surface area contributed by atoms with Crippen molar-refractivity contribution < 1.29 is 17.6 Å². The Bertz CT molecular complexity index is 834. The highest BCUT2D eigenvalue weighted by atomic mass is 32.2. The van der Waals surface area contributed by atoms with Crippen molar-refractivity contribution >= 4 is 15.7 Å². The van der Waals surface area contributed by atoms with Crippen LogP contribution in [-0.4, -0.2) is 37.3 Å². The highest BCUT2D eigenvalue weighted by Crippen LogP contribution is 2.32. The smallest absolute Gasteiger partial charge is 0.246 e. The number of hydrogen-bond acceptors (Lipinski definition) is 4. The number of nitrogens with zero attached hydrogens (tertiary/aromatic N) is 2. The van der Waals surface area contributed by atoms with Crippen LogP contribution in [0.15, 0.2) is 53.6 Å². The summed E-state index contributed by atoms with van der Waals surface area (Å²) in [6, 6.07) is 10.4. The van der Waals surface area contributed by atoms with Crippen LogP contribution in [0.4, 0.5) is 4.39 Å². The van der Waals surface area contributed by atoms with E-state index in [0.29, 0.717) is 13.1 Å². The maximum Gasteiger partial charge on any atom is 0.246 e. The zero-order valence-corrected chi connectivity index (χ0v) is 13.7. The Morgan fingerprint density at radius 2 is 1.75 bits per heavy atom. The number of benzene rings is 1. The normalized spacial score (nSPS) is 16.1. The van der Waals surface area contributed by atoms with E-state index in [1.165, 1.54) is 35.4 Å². The van der Waals surface area contributed by atoms with Crippen LogP contribution in [0.5, 0.6) is 0 Å². The first-order valence-corrected chi connectivity index (χ1v) is 9.24. The van der Waals surface area contributed by atoms with E-state index in [4.69, 9.17) is 0 Å². The van der Waals surface area contributed by atoms with Crippen molar-refractivity contribution in [2.45, 2.75) is 23.0 Å². The Balaban J connectivity index is 2.12. The van der Waals surface area contributed by atoms with Crippen LogP contribution in [0.3, 0.4) is 0 Å². The lowest BCUT2D eigenvalue weighted by atomic mass is 10.2. The summed E-state index contributed by atoms with van der Waals surface area (Å²) in [6.45, 7) is 0.975. The number of amides is 1. The van der Waals surface area contributed by atoms with Gasteiger partial charge >= 0.3 is 0 Å². The molecule has 5 nitrogen and oxygen atoms in total. The number of halogens is 1. The monoisotopic (exact) mass is 348 g/mol. The molecule has 2 aromatic rings. The van der Waals surface area contributed by atoms with Crippen molar-refractivity contribution in [3.8, 4) is 0 Å². The van der Waals surface area contributed by atoms with Crippen molar-refractivity contribution in [1.82, 2.24) is 9.88 Å². The minimum Gasteiger partial charge on any atom is -0.341 e. The maximum atomic E-state index is 14.2. The van der Waals surface area contributed by atoms with Crippen LogP contribution in [0, 0.1) is 5.95 Å². The summed E-state index contributed by atoms with van der Waals surface area (Å²) in [4.78, 5) is 17.9. The van der Waals surface area contributed by atoms with E-state index in [0.717, 1.165) is 12.8 Å². The number of sulfone groups is 1. The standard InChI is InChI=1S/C17H17FN2O3S/c18-16-14(9-6-10-19-16)15(17(21)20-11-4-5-12-20)24(22,23)13-7-2-1-3-8-13/h1-3,6-10,15H,4-5,11-12H2/t15-/m1/s1. The van der Waals surface area contributed by atoms with E-state index in [9.17, 15) is 17.6 Å². The first kappa shape index (κ1) is 16.6. The predicted octanol–water partition coefficient (Wildman–Crippen LogP) is 2.36. The summed E-state index contributed by atoms with van der Waals surface area (Å²) in [5.74, 6) is -1.53. The summed E-state index contributed by atoms with van der Waals surface area (Å²) in [6.07, 6.45) is 2.87. The van der Waals surface area contributed by atoms with Crippen LogP contribution in [0.1, 0.15) is 23.7 Å². The fourth-order valence-electron chi connectivity index (χ4n) is 2.88. The van der Waals surface area contributed by atoms with Crippen molar-refractivity contribution in [2.75, 3.05) is 13.1 Å². The lowest BCUT2D eigenvalue weighted by Crippen LogP contribution is -2.36. The van der Waals surface area contributed by atoms with Crippen molar-refractivity contribution in [3.63, 3.8) is 0 Å². The number of rotatable bonds is 4. The molecular weight excluding hydrogens is 331 g/mol. The molecule has 1 aliphatic heterocycles. The van der Waals surface area contributed by atoms with E-state index in [2.05, 4.69) is 4.98 Å². The molecule has 0 spiro atoms. The van der Waals surface area contributed by atoms with Crippen LogP contribution in [0.25, 0.3) is 0 Å². The molecule has 24 heavy (non-hydrogen) atoms. The van der Waals surface area contributed by atoms with Gasteiger partial charge in [0.1, 0.15) is 0 Å². The van der Waals surface area contributed by atoms with E-state index in [1.54, 1.807) is 18.2 Å². The van der Waals surface area contributed by atoms with Gasteiger partial charge in [-0.1, -0.05) is 24.3 Å². The average Bonchev–Trinajstić information content (AvgIpc) is 3.12. The first-order chi connectivity index (χ1) is 11.5. The molecule has 0 aliphatic carbocycles. The number of pyridine rings is 1. The number of hydrogen-bond donors (Lipinski definition) is 0. The summed E-state index contributed by atoms with van der Waals surface area (Å²) >= 11 is 0. The Morgan fingerprint density at radius 1 is 1.08 bits per heavy atom. The lowest BCUT2D eigenvalue weighted by molar-refractivity contribution is -0.129. The molecule has 1 aliphatic rings. The molecule has 126 valence electrons. The van der Waals surface area contributed by atoms with Gasteiger partial charge in [-0.2, -0.15) is 4.39 Å². The molecule has 0 saturated carbocycles. The van der Waals surface area contributed by atoms with Crippen molar-refractivity contribution in [2.24, 2.45) is 0 Å². The van der Waals surface area contributed by atoms with E-state index in [-0.39, 0.29) is 10.5 Å². The molecule has 0 bridgehead atoms. The zero-order chi connectivity index (χ0) is 17.2. The molecule has 1 saturated heterocycles. The molecule has 7 heteroatoms. The Labute approximate surface area is 140 Å². The van der Waals surface area contributed by atoms with Gasteiger partial charge in [0.2, 0.25) is 11.9 Å². The van der Waals surface area contributed by atoms with Gasteiger partial charge in [0.15, 0.2) is 15.1 Å². The number of carbonyl (C=O) groups excluding carboxylic acids is 1. The fraction of sp³-hybridized carbons (Fsp3) is 0.294.